The van der Waals surface area contributed by atoms with Gasteiger partial charge in [0.1, 0.15) is 17.5 Å². The SMILES string of the molecule is CSc1nc2n(n1)[C@@H](c1ccccc1O)C=C(C(=O)O)N2. The van der Waals surface area contributed by atoms with Crippen molar-refractivity contribution in [2.75, 3.05) is 11.6 Å². The van der Waals surface area contributed by atoms with Crippen molar-refractivity contribution in [3.05, 3.63) is 41.6 Å². The van der Waals surface area contributed by atoms with Crippen molar-refractivity contribution < 1.29 is 15.0 Å². The van der Waals surface area contributed by atoms with Crippen LogP contribution in [0.3, 0.4) is 0 Å². The Bertz CT molecular complexity index is 741. The minimum atomic E-state index is -1.09. The average molecular weight is 304 g/mol. The van der Waals surface area contributed by atoms with Gasteiger partial charge in [-0.1, -0.05) is 30.0 Å². The number of aromatic nitrogens is 3. The van der Waals surface area contributed by atoms with Gasteiger partial charge in [-0.25, -0.2) is 9.48 Å². The quantitative estimate of drug-likeness (QED) is 0.742. The monoisotopic (exact) mass is 304 g/mol. The molecule has 21 heavy (non-hydrogen) atoms. The highest BCUT2D eigenvalue weighted by molar-refractivity contribution is 7.98. The molecule has 2 heterocycles. The van der Waals surface area contributed by atoms with Gasteiger partial charge in [0.2, 0.25) is 11.1 Å². The Morgan fingerprint density at radius 1 is 1.43 bits per heavy atom. The first-order valence-corrected chi connectivity index (χ1v) is 7.33. The third-order valence-electron chi connectivity index (χ3n) is 3.11. The van der Waals surface area contributed by atoms with Crippen molar-refractivity contribution in [1.29, 1.82) is 0 Å². The lowest BCUT2D eigenvalue weighted by Crippen LogP contribution is -2.24. The van der Waals surface area contributed by atoms with Crippen LogP contribution in [0.5, 0.6) is 5.75 Å². The molecule has 0 spiro atoms. The van der Waals surface area contributed by atoms with Crippen molar-refractivity contribution in [2.24, 2.45) is 0 Å². The number of nitrogens with one attached hydrogen (secondary N) is 1. The van der Waals surface area contributed by atoms with E-state index in [1.165, 1.54) is 17.8 Å². The van der Waals surface area contributed by atoms with E-state index in [2.05, 4.69) is 15.4 Å². The van der Waals surface area contributed by atoms with Crippen LogP contribution in [0, 0.1) is 0 Å². The van der Waals surface area contributed by atoms with Gasteiger partial charge < -0.3 is 15.5 Å². The number of thioether (sulfide) groups is 1. The molecule has 0 aliphatic carbocycles. The third-order valence-corrected chi connectivity index (χ3v) is 3.65. The molecule has 3 N–H and O–H groups in total. The van der Waals surface area contributed by atoms with E-state index in [9.17, 15) is 15.0 Å². The van der Waals surface area contributed by atoms with Gasteiger partial charge in [-0.3, -0.25) is 0 Å². The van der Waals surface area contributed by atoms with Crippen LogP contribution in [0.2, 0.25) is 0 Å². The van der Waals surface area contributed by atoms with E-state index in [1.807, 2.05) is 6.26 Å². The zero-order chi connectivity index (χ0) is 15.0. The molecule has 2 aromatic rings. The Labute approximate surface area is 124 Å². The summed E-state index contributed by atoms with van der Waals surface area (Å²) in [4.78, 5) is 15.5. The summed E-state index contributed by atoms with van der Waals surface area (Å²) in [5.41, 5.74) is 0.576. The second-order valence-corrected chi connectivity index (χ2v) is 5.15. The largest absolute Gasteiger partial charge is 0.508 e. The van der Waals surface area contributed by atoms with E-state index in [4.69, 9.17) is 0 Å². The number of aliphatic carboxylic acids is 1. The molecule has 1 aromatic carbocycles. The number of phenols is 1. The normalized spacial score (nSPS) is 16.8. The Hall–Kier alpha value is -2.48. The molecule has 0 unspecified atom stereocenters. The van der Waals surface area contributed by atoms with Crippen molar-refractivity contribution in [1.82, 2.24) is 14.8 Å². The topological polar surface area (TPSA) is 100 Å². The second kappa shape index (κ2) is 5.13. The molecular weight excluding hydrogens is 292 g/mol. The molecule has 108 valence electrons. The molecule has 8 heteroatoms. The summed E-state index contributed by atoms with van der Waals surface area (Å²) in [7, 11) is 0. The van der Waals surface area contributed by atoms with Gasteiger partial charge in [0.25, 0.3) is 0 Å². The molecule has 0 amide bonds. The number of phenolic OH excluding ortho intramolecular Hbond substituents is 1. The second-order valence-electron chi connectivity index (χ2n) is 4.38. The fourth-order valence-corrected chi connectivity index (χ4v) is 2.49. The molecule has 1 aliphatic heterocycles. The number of benzene rings is 1. The van der Waals surface area contributed by atoms with Crippen LogP contribution in [0.15, 0.2) is 41.2 Å². The van der Waals surface area contributed by atoms with Crippen molar-refractivity contribution in [3.8, 4) is 5.75 Å². The van der Waals surface area contributed by atoms with E-state index in [0.29, 0.717) is 16.7 Å². The van der Waals surface area contributed by atoms with Gasteiger partial charge in [0.05, 0.1) is 0 Å². The number of carboxylic acid groups (broad SMARTS) is 1. The van der Waals surface area contributed by atoms with Crippen LogP contribution in [-0.2, 0) is 4.79 Å². The van der Waals surface area contributed by atoms with Gasteiger partial charge in [-0.2, -0.15) is 4.98 Å². The maximum Gasteiger partial charge on any atom is 0.352 e. The molecule has 0 radical (unpaired) electrons. The first-order valence-electron chi connectivity index (χ1n) is 6.10. The molecule has 1 aliphatic rings. The standard InChI is InChI=1S/C13H12N4O3S/c1-21-13-15-12-14-8(11(19)20)6-9(17(12)16-13)7-4-2-3-5-10(7)18/h2-6,9,18H,1H3,(H,19,20)(H,14,15,16)/t9-/m1/s1. The van der Waals surface area contributed by atoms with Crippen LogP contribution in [0.4, 0.5) is 5.95 Å². The number of hydrogen-bond donors (Lipinski definition) is 3. The Morgan fingerprint density at radius 2 is 2.19 bits per heavy atom. The Kier molecular flexibility index (Phi) is 3.30. The van der Waals surface area contributed by atoms with Gasteiger partial charge in [0.15, 0.2) is 0 Å². The number of allylic oxidation sites excluding steroid dienone is 1. The van der Waals surface area contributed by atoms with Crippen LogP contribution >= 0.6 is 11.8 Å². The van der Waals surface area contributed by atoms with Gasteiger partial charge in [0, 0.05) is 5.56 Å². The van der Waals surface area contributed by atoms with E-state index in [1.54, 1.807) is 28.9 Å². The van der Waals surface area contributed by atoms with Crippen molar-refractivity contribution >= 4 is 23.7 Å². The van der Waals surface area contributed by atoms with Crippen LogP contribution in [-0.4, -0.2) is 37.2 Å². The summed E-state index contributed by atoms with van der Waals surface area (Å²) in [5.74, 6) is -0.666. The van der Waals surface area contributed by atoms with Gasteiger partial charge >= 0.3 is 5.97 Å². The molecule has 0 bridgehead atoms. The fourth-order valence-electron chi connectivity index (χ4n) is 2.14. The van der Waals surface area contributed by atoms with Crippen LogP contribution in [0.1, 0.15) is 11.6 Å². The maximum atomic E-state index is 11.2. The number of anilines is 1. The average Bonchev–Trinajstić information content (AvgIpc) is 2.90. The number of nitrogens with zero attached hydrogens (tertiary/aromatic N) is 3. The van der Waals surface area contributed by atoms with Crippen molar-refractivity contribution in [3.63, 3.8) is 0 Å². The fraction of sp³-hybridized carbons (Fsp3) is 0.154. The lowest BCUT2D eigenvalue weighted by atomic mass is 10.0. The summed E-state index contributed by atoms with van der Waals surface area (Å²) in [5, 5.41) is 26.8. The number of fused-ring (bicyclic) bond motifs is 1. The minimum absolute atomic E-state index is 0.0100. The van der Waals surface area contributed by atoms with Crippen molar-refractivity contribution in [2.45, 2.75) is 11.2 Å². The van der Waals surface area contributed by atoms with E-state index in [0.717, 1.165) is 0 Å². The van der Waals surface area contributed by atoms with Crippen LogP contribution < -0.4 is 5.32 Å². The Balaban J connectivity index is 2.15. The molecule has 1 atom stereocenters. The highest BCUT2D eigenvalue weighted by atomic mass is 32.2. The Morgan fingerprint density at radius 3 is 2.86 bits per heavy atom. The summed E-state index contributed by atoms with van der Waals surface area (Å²) in [6.45, 7) is 0. The summed E-state index contributed by atoms with van der Waals surface area (Å²) in [6, 6.07) is 6.24. The molecule has 3 rings (SSSR count). The summed E-state index contributed by atoms with van der Waals surface area (Å²) >= 11 is 1.36. The highest BCUT2D eigenvalue weighted by Gasteiger charge is 2.28. The zero-order valence-electron chi connectivity index (χ0n) is 11.0. The number of para-hydroxylation sites is 1. The molecule has 1 aromatic heterocycles. The predicted molar refractivity (Wildman–Crippen MR) is 77.4 cm³/mol. The molecule has 7 nitrogen and oxygen atoms in total. The number of aromatic hydroxyl groups is 1. The van der Waals surface area contributed by atoms with E-state index >= 15 is 0 Å². The first-order chi connectivity index (χ1) is 10.1. The minimum Gasteiger partial charge on any atom is -0.508 e. The highest BCUT2D eigenvalue weighted by Crippen LogP contribution is 2.34. The maximum absolute atomic E-state index is 11.2. The first kappa shape index (κ1) is 13.5. The number of rotatable bonds is 3. The lowest BCUT2D eigenvalue weighted by molar-refractivity contribution is -0.132. The predicted octanol–water partition coefficient (Wildman–Crippen LogP) is 1.69. The van der Waals surface area contributed by atoms with E-state index < -0.39 is 12.0 Å². The molecule has 0 saturated carbocycles. The smallest absolute Gasteiger partial charge is 0.352 e. The van der Waals surface area contributed by atoms with E-state index in [-0.39, 0.29) is 11.4 Å². The number of carboxylic acids is 1. The lowest BCUT2D eigenvalue weighted by Gasteiger charge is -2.22. The van der Waals surface area contributed by atoms with Gasteiger partial charge in [-0.05, 0) is 18.4 Å². The summed E-state index contributed by atoms with van der Waals surface area (Å²) < 4.78 is 1.56. The molecule has 0 saturated heterocycles. The molecular formula is C13H12N4O3S. The number of carbonyl (C=O) groups is 1. The van der Waals surface area contributed by atoms with Crippen LogP contribution in [0.25, 0.3) is 0 Å². The number of hydrogen-bond acceptors (Lipinski definition) is 6. The molecule has 0 fully saturated rings. The third kappa shape index (κ3) is 2.33. The zero-order valence-corrected chi connectivity index (χ0v) is 11.8. The summed E-state index contributed by atoms with van der Waals surface area (Å²) in [6.07, 6.45) is 3.34. The van der Waals surface area contributed by atoms with Gasteiger partial charge in [-0.15, -0.1) is 5.10 Å².